The summed E-state index contributed by atoms with van der Waals surface area (Å²) < 4.78 is 0. The topological polar surface area (TPSA) is 66.4 Å². The molecule has 88 valence electrons. The highest BCUT2D eigenvalue weighted by Crippen LogP contribution is 2.10. The first-order valence-corrected chi connectivity index (χ1v) is 5.40. The predicted octanol–water partition coefficient (Wildman–Crippen LogP) is 1.65. The van der Waals surface area contributed by atoms with Crippen molar-refractivity contribution >= 4 is 11.9 Å². The Morgan fingerprint density at radius 1 is 1.27 bits per heavy atom. The zero-order valence-corrected chi connectivity index (χ0v) is 9.91. The molecule has 15 heavy (non-hydrogen) atoms. The lowest BCUT2D eigenvalue weighted by atomic mass is 9.96. The highest BCUT2D eigenvalue weighted by Gasteiger charge is 2.20. The normalized spacial score (nSPS) is 14.7. The van der Waals surface area contributed by atoms with Crippen LogP contribution in [0.1, 0.15) is 40.5 Å². The van der Waals surface area contributed by atoms with Gasteiger partial charge >= 0.3 is 5.97 Å². The van der Waals surface area contributed by atoms with E-state index >= 15 is 0 Å². The lowest BCUT2D eigenvalue weighted by Gasteiger charge is -2.20. The summed E-state index contributed by atoms with van der Waals surface area (Å²) in [5.41, 5.74) is 0. The molecule has 2 atom stereocenters. The van der Waals surface area contributed by atoms with E-state index in [0.717, 1.165) is 0 Å². The Balaban J connectivity index is 4.18. The number of hydrogen-bond donors (Lipinski definition) is 2. The van der Waals surface area contributed by atoms with E-state index in [-0.39, 0.29) is 30.2 Å². The number of hydrogen-bond acceptors (Lipinski definition) is 2. The van der Waals surface area contributed by atoms with Crippen LogP contribution < -0.4 is 5.32 Å². The van der Waals surface area contributed by atoms with Crippen molar-refractivity contribution in [3.8, 4) is 0 Å². The molecular weight excluding hydrogens is 194 g/mol. The van der Waals surface area contributed by atoms with E-state index in [9.17, 15) is 9.59 Å². The lowest BCUT2D eigenvalue weighted by Crippen LogP contribution is -2.40. The van der Waals surface area contributed by atoms with E-state index in [4.69, 9.17) is 5.11 Å². The van der Waals surface area contributed by atoms with Gasteiger partial charge in [0.15, 0.2) is 0 Å². The van der Waals surface area contributed by atoms with Crippen molar-refractivity contribution in [2.45, 2.75) is 46.6 Å². The molecule has 0 aliphatic heterocycles. The van der Waals surface area contributed by atoms with Crippen molar-refractivity contribution in [1.82, 2.24) is 5.32 Å². The summed E-state index contributed by atoms with van der Waals surface area (Å²) in [6, 6.07) is -0.254. The first-order valence-electron chi connectivity index (χ1n) is 5.40. The van der Waals surface area contributed by atoms with E-state index < -0.39 is 5.97 Å². The highest BCUT2D eigenvalue weighted by molar-refractivity contribution is 5.79. The average molecular weight is 215 g/mol. The molecule has 0 saturated carbocycles. The molecule has 0 rings (SSSR count). The SMILES string of the molecule is CCC(CC(=O)O)NC(=O)C(C)C(C)C. The summed E-state index contributed by atoms with van der Waals surface area (Å²) in [7, 11) is 0. The van der Waals surface area contributed by atoms with Crippen molar-refractivity contribution in [3.05, 3.63) is 0 Å². The van der Waals surface area contributed by atoms with Crippen molar-refractivity contribution in [2.75, 3.05) is 0 Å². The minimum atomic E-state index is -0.876. The molecule has 0 aromatic carbocycles. The summed E-state index contributed by atoms with van der Waals surface area (Å²) in [6.45, 7) is 7.67. The second-order valence-corrected chi connectivity index (χ2v) is 4.24. The van der Waals surface area contributed by atoms with Crippen LogP contribution in [0.15, 0.2) is 0 Å². The van der Waals surface area contributed by atoms with Crippen LogP contribution in [0.3, 0.4) is 0 Å². The number of nitrogens with one attached hydrogen (secondary N) is 1. The molecule has 0 aromatic heterocycles. The summed E-state index contributed by atoms with van der Waals surface area (Å²) in [5, 5.41) is 11.4. The van der Waals surface area contributed by atoms with Crippen molar-refractivity contribution in [1.29, 1.82) is 0 Å². The van der Waals surface area contributed by atoms with Crippen LogP contribution in [-0.2, 0) is 9.59 Å². The number of aliphatic carboxylic acids is 1. The van der Waals surface area contributed by atoms with Gasteiger partial charge in [0, 0.05) is 12.0 Å². The average Bonchev–Trinajstić information content (AvgIpc) is 2.14. The van der Waals surface area contributed by atoms with E-state index in [2.05, 4.69) is 5.32 Å². The molecule has 2 N–H and O–H groups in total. The fourth-order valence-corrected chi connectivity index (χ4v) is 1.14. The smallest absolute Gasteiger partial charge is 0.305 e. The Hall–Kier alpha value is -1.06. The van der Waals surface area contributed by atoms with Gasteiger partial charge in [-0.25, -0.2) is 0 Å². The van der Waals surface area contributed by atoms with Gasteiger partial charge in [0.25, 0.3) is 0 Å². The summed E-state index contributed by atoms with van der Waals surface area (Å²) >= 11 is 0. The van der Waals surface area contributed by atoms with Gasteiger partial charge in [-0.3, -0.25) is 9.59 Å². The Morgan fingerprint density at radius 3 is 2.13 bits per heavy atom. The first-order chi connectivity index (χ1) is 6.88. The molecule has 4 nitrogen and oxygen atoms in total. The van der Waals surface area contributed by atoms with Gasteiger partial charge in [-0.15, -0.1) is 0 Å². The largest absolute Gasteiger partial charge is 0.481 e. The summed E-state index contributed by atoms with van der Waals surface area (Å²) in [5.74, 6) is -0.738. The van der Waals surface area contributed by atoms with Crippen LogP contribution >= 0.6 is 0 Å². The highest BCUT2D eigenvalue weighted by atomic mass is 16.4. The number of carboxylic acids is 1. The number of carboxylic acid groups (broad SMARTS) is 1. The minimum Gasteiger partial charge on any atom is -0.481 e. The molecule has 0 bridgehead atoms. The zero-order chi connectivity index (χ0) is 12.0. The molecule has 0 spiro atoms. The van der Waals surface area contributed by atoms with Gasteiger partial charge in [-0.2, -0.15) is 0 Å². The van der Waals surface area contributed by atoms with Gasteiger partial charge < -0.3 is 10.4 Å². The standard InChI is InChI=1S/C11H21NO3/c1-5-9(6-10(13)14)12-11(15)8(4)7(2)3/h7-9H,5-6H2,1-4H3,(H,12,15)(H,13,14). The molecule has 1 amide bonds. The van der Waals surface area contributed by atoms with Crippen molar-refractivity contribution < 1.29 is 14.7 Å². The molecule has 0 aliphatic carbocycles. The number of carbonyl (C=O) groups is 2. The fraction of sp³-hybridized carbons (Fsp3) is 0.818. The Morgan fingerprint density at radius 2 is 1.80 bits per heavy atom. The fourth-order valence-electron chi connectivity index (χ4n) is 1.14. The van der Waals surface area contributed by atoms with Crippen molar-refractivity contribution in [3.63, 3.8) is 0 Å². The number of amides is 1. The van der Waals surface area contributed by atoms with Gasteiger partial charge in [0.05, 0.1) is 6.42 Å². The third kappa shape index (κ3) is 5.40. The maximum Gasteiger partial charge on any atom is 0.305 e. The van der Waals surface area contributed by atoms with Crippen LogP contribution in [0.4, 0.5) is 0 Å². The second-order valence-electron chi connectivity index (χ2n) is 4.24. The number of rotatable bonds is 6. The van der Waals surface area contributed by atoms with Crippen LogP contribution in [-0.4, -0.2) is 23.0 Å². The molecule has 0 aliphatic rings. The minimum absolute atomic E-state index is 0.00689. The molecule has 0 fully saturated rings. The Kier molecular flexibility index (Phi) is 5.97. The first kappa shape index (κ1) is 13.9. The molecule has 0 heterocycles. The molecule has 2 unspecified atom stereocenters. The molecule has 0 aromatic rings. The van der Waals surface area contributed by atoms with Gasteiger partial charge in [-0.1, -0.05) is 27.7 Å². The lowest BCUT2D eigenvalue weighted by molar-refractivity contribution is -0.137. The molecule has 0 radical (unpaired) electrons. The Labute approximate surface area is 91.1 Å². The monoisotopic (exact) mass is 215 g/mol. The van der Waals surface area contributed by atoms with Crippen LogP contribution in [0.25, 0.3) is 0 Å². The molecule has 4 heteroatoms. The maximum absolute atomic E-state index is 11.6. The summed E-state index contributed by atoms with van der Waals surface area (Å²) in [6.07, 6.45) is 0.635. The second kappa shape index (κ2) is 6.43. The zero-order valence-electron chi connectivity index (χ0n) is 9.91. The predicted molar refractivity (Wildman–Crippen MR) is 58.5 cm³/mol. The van der Waals surface area contributed by atoms with Gasteiger partial charge in [0.2, 0.25) is 5.91 Å². The molecule has 0 saturated heterocycles. The Bertz CT molecular complexity index is 226. The van der Waals surface area contributed by atoms with E-state index in [1.54, 1.807) is 0 Å². The number of carbonyl (C=O) groups excluding carboxylic acids is 1. The van der Waals surface area contributed by atoms with Crippen molar-refractivity contribution in [2.24, 2.45) is 11.8 Å². The third-order valence-electron chi connectivity index (χ3n) is 2.67. The molecular formula is C11H21NO3. The quantitative estimate of drug-likeness (QED) is 0.708. The van der Waals surface area contributed by atoms with E-state index in [1.165, 1.54) is 0 Å². The summed E-state index contributed by atoms with van der Waals surface area (Å²) in [4.78, 5) is 22.1. The van der Waals surface area contributed by atoms with E-state index in [1.807, 2.05) is 27.7 Å². The van der Waals surface area contributed by atoms with Crippen LogP contribution in [0.2, 0.25) is 0 Å². The van der Waals surface area contributed by atoms with Crippen LogP contribution in [0.5, 0.6) is 0 Å². The van der Waals surface area contributed by atoms with Gasteiger partial charge in [0.1, 0.15) is 0 Å². The van der Waals surface area contributed by atoms with Crippen LogP contribution in [0, 0.1) is 11.8 Å². The van der Waals surface area contributed by atoms with Gasteiger partial charge in [-0.05, 0) is 12.3 Å². The third-order valence-corrected chi connectivity index (χ3v) is 2.67. The van der Waals surface area contributed by atoms with E-state index in [0.29, 0.717) is 6.42 Å². The maximum atomic E-state index is 11.6.